The largest absolute Gasteiger partial charge is 0.378 e. The van der Waals surface area contributed by atoms with Gasteiger partial charge in [0, 0.05) is 48.3 Å². The molecule has 0 aliphatic rings. The summed E-state index contributed by atoms with van der Waals surface area (Å²) in [4.78, 5) is 24.0. The highest BCUT2D eigenvalue weighted by atomic mass is 32.1. The molecular weight excluding hydrogens is 332 g/mol. The van der Waals surface area contributed by atoms with E-state index in [1.165, 1.54) is 11.3 Å². The molecule has 1 amide bonds. The van der Waals surface area contributed by atoms with E-state index in [1.807, 2.05) is 62.3 Å². The second-order valence-corrected chi connectivity index (χ2v) is 7.02. The second-order valence-electron chi connectivity index (χ2n) is 5.94. The summed E-state index contributed by atoms with van der Waals surface area (Å²) in [5.41, 5.74) is 3.76. The zero-order valence-electron chi connectivity index (χ0n) is 14.5. The SMILES string of the molecule is Cc1nc(-c2cccnc2)sc1CC(=O)Nc1ccc(N(C)C)cc1. The molecule has 0 fully saturated rings. The average Bonchev–Trinajstić information content (AvgIpc) is 2.97. The minimum Gasteiger partial charge on any atom is -0.378 e. The molecule has 2 aromatic heterocycles. The number of nitrogens with one attached hydrogen (secondary N) is 1. The van der Waals surface area contributed by atoms with Crippen molar-refractivity contribution in [1.29, 1.82) is 0 Å². The monoisotopic (exact) mass is 352 g/mol. The van der Waals surface area contributed by atoms with Crippen LogP contribution in [-0.2, 0) is 11.2 Å². The van der Waals surface area contributed by atoms with E-state index in [9.17, 15) is 4.79 Å². The lowest BCUT2D eigenvalue weighted by Crippen LogP contribution is -2.14. The predicted molar refractivity (Wildman–Crippen MR) is 103 cm³/mol. The molecule has 3 rings (SSSR count). The molecule has 6 heteroatoms. The van der Waals surface area contributed by atoms with Gasteiger partial charge in [-0.25, -0.2) is 4.98 Å². The Kier molecular flexibility index (Phi) is 5.09. The fourth-order valence-electron chi connectivity index (χ4n) is 2.40. The highest BCUT2D eigenvalue weighted by molar-refractivity contribution is 7.15. The van der Waals surface area contributed by atoms with Crippen molar-refractivity contribution < 1.29 is 4.79 Å². The lowest BCUT2D eigenvalue weighted by molar-refractivity contribution is -0.115. The third kappa shape index (κ3) is 4.22. The third-order valence-electron chi connectivity index (χ3n) is 3.79. The van der Waals surface area contributed by atoms with Gasteiger partial charge < -0.3 is 10.2 Å². The minimum absolute atomic E-state index is 0.0397. The number of thiazole rings is 1. The molecule has 0 spiro atoms. The van der Waals surface area contributed by atoms with Gasteiger partial charge in [-0.3, -0.25) is 9.78 Å². The Hall–Kier alpha value is -2.73. The van der Waals surface area contributed by atoms with Crippen LogP contribution in [0.15, 0.2) is 48.8 Å². The van der Waals surface area contributed by atoms with Crippen molar-refractivity contribution >= 4 is 28.6 Å². The molecule has 1 aromatic carbocycles. The molecular formula is C19H20N4OS. The van der Waals surface area contributed by atoms with Gasteiger partial charge in [0.2, 0.25) is 5.91 Å². The first-order valence-corrected chi connectivity index (χ1v) is 8.78. The topological polar surface area (TPSA) is 58.1 Å². The molecule has 25 heavy (non-hydrogen) atoms. The van der Waals surface area contributed by atoms with Crippen LogP contribution in [-0.4, -0.2) is 30.0 Å². The third-order valence-corrected chi connectivity index (χ3v) is 5.00. The molecule has 2 heterocycles. The zero-order valence-corrected chi connectivity index (χ0v) is 15.3. The van der Waals surface area contributed by atoms with Gasteiger partial charge in [-0.15, -0.1) is 11.3 Å². The second kappa shape index (κ2) is 7.44. The Morgan fingerprint density at radius 2 is 1.96 bits per heavy atom. The van der Waals surface area contributed by atoms with Gasteiger partial charge in [0.1, 0.15) is 5.01 Å². The summed E-state index contributed by atoms with van der Waals surface area (Å²) in [6.45, 7) is 1.94. The molecule has 0 bridgehead atoms. The molecule has 1 N–H and O–H groups in total. The minimum atomic E-state index is -0.0397. The van der Waals surface area contributed by atoms with Crippen LogP contribution in [0.4, 0.5) is 11.4 Å². The van der Waals surface area contributed by atoms with Crippen molar-refractivity contribution in [1.82, 2.24) is 9.97 Å². The Balaban J connectivity index is 1.68. The molecule has 0 unspecified atom stereocenters. The molecule has 0 saturated heterocycles. The highest BCUT2D eigenvalue weighted by Crippen LogP contribution is 2.27. The fraction of sp³-hybridized carbons (Fsp3) is 0.211. The van der Waals surface area contributed by atoms with Crippen LogP contribution in [0.25, 0.3) is 10.6 Å². The van der Waals surface area contributed by atoms with Gasteiger partial charge in [-0.05, 0) is 43.3 Å². The highest BCUT2D eigenvalue weighted by Gasteiger charge is 2.13. The lowest BCUT2D eigenvalue weighted by atomic mass is 10.2. The molecule has 3 aromatic rings. The number of carbonyl (C=O) groups is 1. The molecule has 0 aliphatic heterocycles. The lowest BCUT2D eigenvalue weighted by Gasteiger charge is -2.13. The normalized spacial score (nSPS) is 10.5. The summed E-state index contributed by atoms with van der Waals surface area (Å²) in [5, 5.41) is 3.83. The summed E-state index contributed by atoms with van der Waals surface area (Å²) >= 11 is 1.54. The summed E-state index contributed by atoms with van der Waals surface area (Å²) in [5.74, 6) is -0.0397. The number of hydrogen-bond acceptors (Lipinski definition) is 5. The van der Waals surface area contributed by atoms with Crippen LogP contribution in [0, 0.1) is 6.92 Å². The quantitative estimate of drug-likeness (QED) is 0.759. The maximum absolute atomic E-state index is 12.3. The standard InChI is InChI=1S/C19H20N4OS/c1-13-17(25-19(21-13)14-5-4-10-20-12-14)11-18(24)22-15-6-8-16(9-7-15)23(2)3/h4-10,12H,11H2,1-3H3,(H,22,24). The van der Waals surface area contributed by atoms with Crippen molar-refractivity contribution in [3.63, 3.8) is 0 Å². The summed E-state index contributed by atoms with van der Waals surface area (Å²) < 4.78 is 0. The first kappa shape index (κ1) is 17.1. The van der Waals surface area contributed by atoms with E-state index in [-0.39, 0.29) is 5.91 Å². The average molecular weight is 352 g/mol. The number of hydrogen-bond donors (Lipinski definition) is 1. The van der Waals surface area contributed by atoms with Crippen molar-refractivity contribution in [2.75, 3.05) is 24.3 Å². The van der Waals surface area contributed by atoms with Gasteiger partial charge in [-0.1, -0.05) is 0 Å². The Bertz CT molecular complexity index is 857. The van der Waals surface area contributed by atoms with Gasteiger partial charge in [0.25, 0.3) is 0 Å². The van der Waals surface area contributed by atoms with Crippen molar-refractivity contribution in [2.45, 2.75) is 13.3 Å². The fourth-order valence-corrected chi connectivity index (χ4v) is 3.45. The van der Waals surface area contributed by atoms with E-state index in [4.69, 9.17) is 0 Å². The maximum Gasteiger partial charge on any atom is 0.229 e. The molecule has 128 valence electrons. The summed E-state index contributed by atoms with van der Waals surface area (Å²) in [6.07, 6.45) is 3.84. The smallest absolute Gasteiger partial charge is 0.229 e. The van der Waals surface area contributed by atoms with Crippen LogP contribution in [0.3, 0.4) is 0 Å². The van der Waals surface area contributed by atoms with E-state index in [2.05, 4.69) is 15.3 Å². The summed E-state index contributed by atoms with van der Waals surface area (Å²) in [7, 11) is 3.97. The molecule has 5 nitrogen and oxygen atoms in total. The zero-order chi connectivity index (χ0) is 17.8. The van der Waals surface area contributed by atoms with Gasteiger partial charge in [0.05, 0.1) is 12.1 Å². The van der Waals surface area contributed by atoms with E-state index in [0.717, 1.165) is 32.5 Å². The van der Waals surface area contributed by atoms with E-state index in [0.29, 0.717) is 6.42 Å². The number of amides is 1. The number of anilines is 2. The number of benzene rings is 1. The number of nitrogens with zero attached hydrogens (tertiary/aromatic N) is 3. The molecule has 0 radical (unpaired) electrons. The Morgan fingerprint density at radius 1 is 1.20 bits per heavy atom. The van der Waals surface area contributed by atoms with Crippen LogP contribution < -0.4 is 10.2 Å². The van der Waals surface area contributed by atoms with Crippen LogP contribution in [0.1, 0.15) is 10.6 Å². The maximum atomic E-state index is 12.3. The molecule has 0 aliphatic carbocycles. The Morgan fingerprint density at radius 3 is 2.60 bits per heavy atom. The van der Waals surface area contributed by atoms with Crippen molar-refractivity contribution in [3.8, 4) is 10.6 Å². The number of aromatic nitrogens is 2. The predicted octanol–water partition coefficient (Wildman–Crippen LogP) is 3.76. The Labute approximate surface area is 151 Å². The molecule has 0 saturated carbocycles. The van der Waals surface area contributed by atoms with Gasteiger partial charge in [0.15, 0.2) is 0 Å². The van der Waals surface area contributed by atoms with Gasteiger partial charge >= 0.3 is 0 Å². The van der Waals surface area contributed by atoms with E-state index >= 15 is 0 Å². The first-order valence-electron chi connectivity index (χ1n) is 7.97. The summed E-state index contributed by atoms with van der Waals surface area (Å²) in [6, 6.07) is 11.6. The van der Waals surface area contributed by atoms with Crippen LogP contribution >= 0.6 is 11.3 Å². The van der Waals surface area contributed by atoms with Crippen molar-refractivity contribution in [2.24, 2.45) is 0 Å². The van der Waals surface area contributed by atoms with Crippen LogP contribution in [0.5, 0.6) is 0 Å². The van der Waals surface area contributed by atoms with E-state index < -0.39 is 0 Å². The van der Waals surface area contributed by atoms with E-state index in [1.54, 1.807) is 12.4 Å². The molecule has 0 atom stereocenters. The van der Waals surface area contributed by atoms with Crippen LogP contribution in [0.2, 0.25) is 0 Å². The van der Waals surface area contributed by atoms with Gasteiger partial charge in [-0.2, -0.15) is 0 Å². The first-order chi connectivity index (χ1) is 12.0. The number of pyridine rings is 1. The number of aryl methyl sites for hydroxylation is 1. The number of rotatable bonds is 5. The number of carbonyl (C=O) groups excluding carboxylic acids is 1. The van der Waals surface area contributed by atoms with Crippen molar-refractivity contribution in [3.05, 3.63) is 59.4 Å².